The largest absolute Gasteiger partial charge is 0.391 e. The van der Waals surface area contributed by atoms with Gasteiger partial charge in [-0.05, 0) is 31.8 Å². The van der Waals surface area contributed by atoms with Gasteiger partial charge in [-0.3, -0.25) is 4.79 Å². The summed E-state index contributed by atoms with van der Waals surface area (Å²) >= 11 is 0. The molecule has 2 bridgehead atoms. The van der Waals surface area contributed by atoms with Gasteiger partial charge in [-0.25, -0.2) is 0 Å². The van der Waals surface area contributed by atoms with Gasteiger partial charge in [0.1, 0.15) is 0 Å². The second-order valence-electron chi connectivity index (χ2n) is 5.11. The minimum absolute atomic E-state index is 0.154. The van der Waals surface area contributed by atoms with Crippen molar-refractivity contribution < 1.29 is 9.90 Å². The van der Waals surface area contributed by atoms with Gasteiger partial charge < -0.3 is 14.9 Å². The average Bonchev–Trinajstić information content (AvgIpc) is 2.59. The lowest BCUT2D eigenvalue weighted by molar-refractivity contribution is -0.133. The van der Waals surface area contributed by atoms with Crippen molar-refractivity contribution in [1.82, 2.24) is 9.80 Å². The van der Waals surface area contributed by atoms with Gasteiger partial charge in [-0.1, -0.05) is 0 Å². The van der Waals surface area contributed by atoms with Gasteiger partial charge in [0.25, 0.3) is 0 Å². The first-order valence-electron chi connectivity index (χ1n) is 5.94. The lowest BCUT2D eigenvalue weighted by Gasteiger charge is -2.48. The van der Waals surface area contributed by atoms with Crippen molar-refractivity contribution in [3.8, 4) is 0 Å². The maximum absolute atomic E-state index is 11.7. The summed E-state index contributed by atoms with van der Waals surface area (Å²) < 4.78 is 0. The van der Waals surface area contributed by atoms with Gasteiger partial charge in [-0.15, -0.1) is 0 Å². The van der Waals surface area contributed by atoms with Crippen LogP contribution < -0.4 is 0 Å². The molecule has 4 aliphatic heterocycles. The summed E-state index contributed by atoms with van der Waals surface area (Å²) in [6.45, 7) is 3.99. The Bertz CT molecular complexity index is 274. The second kappa shape index (κ2) is 3.46. The summed E-state index contributed by atoms with van der Waals surface area (Å²) in [5.74, 6) is 0.838. The Hall–Kier alpha value is -0.610. The van der Waals surface area contributed by atoms with Crippen LogP contribution in [0.2, 0.25) is 0 Å². The normalized spacial score (nSPS) is 45.1. The highest BCUT2D eigenvalue weighted by Gasteiger charge is 2.42. The summed E-state index contributed by atoms with van der Waals surface area (Å²) in [6, 6.07) is 0.386. The number of aliphatic hydroxyl groups excluding tert-OH is 1. The van der Waals surface area contributed by atoms with Gasteiger partial charge in [-0.2, -0.15) is 0 Å². The number of hydrogen-bond acceptors (Lipinski definition) is 3. The van der Waals surface area contributed by atoms with E-state index in [4.69, 9.17) is 0 Å². The number of aliphatic hydroxyl groups is 1. The number of fused-ring (bicyclic) bond motifs is 3. The summed E-state index contributed by atoms with van der Waals surface area (Å²) in [5, 5.41) is 9.49. The number of likely N-dealkylation sites (tertiary alicyclic amines) is 1. The number of β-amino-alcohol motifs (C(OH)–C–C–N with tert-alkyl or cyclic N) is 1. The Morgan fingerprint density at radius 1 is 1.20 bits per heavy atom. The molecule has 0 radical (unpaired) electrons. The molecule has 0 saturated carbocycles. The van der Waals surface area contributed by atoms with Crippen molar-refractivity contribution in [2.24, 2.45) is 5.92 Å². The zero-order chi connectivity index (χ0) is 10.4. The predicted molar refractivity (Wildman–Crippen MR) is 55.3 cm³/mol. The Balaban J connectivity index is 1.74. The summed E-state index contributed by atoms with van der Waals surface area (Å²) in [4.78, 5) is 16.1. The van der Waals surface area contributed by atoms with Gasteiger partial charge in [0, 0.05) is 19.1 Å². The van der Waals surface area contributed by atoms with Gasteiger partial charge in [0.05, 0.1) is 12.5 Å². The van der Waals surface area contributed by atoms with Crippen molar-refractivity contribution in [1.29, 1.82) is 0 Å². The molecule has 15 heavy (non-hydrogen) atoms. The van der Waals surface area contributed by atoms with Gasteiger partial charge in [0.15, 0.2) is 0 Å². The molecule has 1 N–H and O–H groups in total. The Kier molecular flexibility index (Phi) is 2.21. The molecule has 4 nitrogen and oxygen atoms in total. The number of carbonyl (C=O) groups excluding carboxylic acids is 1. The molecule has 0 aromatic heterocycles. The number of hydrogen-bond donors (Lipinski definition) is 1. The van der Waals surface area contributed by atoms with Crippen LogP contribution in [0.3, 0.4) is 0 Å². The van der Waals surface area contributed by atoms with Crippen molar-refractivity contribution in [3.05, 3.63) is 0 Å². The highest BCUT2D eigenvalue weighted by atomic mass is 16.3. The van der Waals surface area contributed by atoms with Crippen LogP contribution in [0.4, 0.5) is 0 Å². The van der Waals surface area contributed by atoms with E-state index >= 15 is 0 Å². The van der Waals surface area contributed by atoms with Crippen LogP contribution >= 0.6 is 0 Å². The number of piperidine rings is 3. The van der Waals surface area contributed by atoms with E-state index in [2.05, 4.69) is 4.90 Å². The monoisotopic (exact) mass is 210 g/mol. The number of nitrogens with zero attached hydrogens (tertiary/aromatic N) is 2. The molecule has 0 aromatic rings. The minimum Gasteiger partial charge on any atom is -0.391 e. The average molecular weight is 210 g/mol. The first kappa shape index (κ1) is 9.60. The molecule has 0 spiro atoms. The SMILES string of the molecule is O=C1CC(O)CN1C1CN2CCC1CC2. The van der Waals surface area contributed by atoms with Crippen LogP contribution in [0, 0.1) is 5.92 Å². The van der Waals surface area contributed by atoms with Gasteiger partial charge >= 0.3 is 0 Å². The zero-order valence-corrected chi connectivity index (χ0v) is 8.93. The summed E-state index contributed by atoms with van der Waals surface area (Å²) in [7, 11) is 0. The fraction of sp³-hybridized carbons (Fsp3) is 0.909. The lowest BCUT2D eigenvalue weighted by atomic mass is 9.83. The van der Waals surface area contributed by atoms with Crippen LogP contribution in [-0.4, -0.2) is 59.1 Å². The fourth-order valence-corrected chi connectivity index (χ4v) is 3.32. The van der Waals surface area contributed by atoms with Crippen molar-refractivity contribution in [2.75, 3.05) is 26.2 Å². The predicted octanol–water partition coefficient (Wildman–Crippen LogP) is -0.326. The molecular formula is C11H18N2O2. The fourth-order valence-electron chi connectivity index (χ4n) is 3.32. The summed E-state index contributed by atoms with van der Waals surface area (Å²) in [6.07, 6.45) is 2.37. The molecule has 84 valence electrons. The molecule has 2 unspecified atom stereocenters. The first-order chi connectivity index (χ1) is 7.24. The van der Waals surface area contributed by atoms with Crippen LogP contribution in [0.1, 0.15) is 19.3 Å². The highest BCUT2D eigenvalue weighted by Crippen LogP contribution is 2.32. The second-order valence-corrected chi connectivity index (χ2v) is 5.11. The quantitative estimate of drug-likeness (QED) is 0.645. The number of rotatable bonds is 1. The molecule has 4 fully saturated rings. The maximum Gasteiger partial charge on any atom is 0.225 e. The zero-order valence-electron chi connectivity index (χ0n) is 8.93. The smallest absolute Gasteiger partial charge is 0.225 e. The third kappa shape index (κ3) is 1.56. The molecule has 4 rings (SSSR count). The molecule has 0 aliphatic carbocycles. The molecule has 0 aromatic carbocycles. The molecule has 4 saturated heterocycles. The lowest BCUT2D eigenvalue weighted by Crippen LogP contribution is -2.57. The first-order valence-corrected chi connectivity index (χ1v) is 5.94. The standard InChI is InChI=1S/C11H18N2O2/c14-9-5-11(15)13(6-9)10-7-12-3-1-8(10)2-4-12/h8-10,14H,1-7H2. The summed E-state index contributed by atoms with van der Waals surface area (Å²) in [5.41, 5.74) is 0. The topological polar surface area (TPSA) is 43.8 Å². The Morgan fingerprint density at radius 2 is 1.93 bits per heavy atom. The van der Waals surface area contributed by atoms with E-state index in [0.29, 0.717) is 24.9 Å². The molecule has 1 amide bonds. The third-order valence-corrected chi connectivity index (χ3v) is 4.16. The number of amides is 1. The van der Waals surface area contributed by atoms with Crippen LogP contribution in [0.5, 0.6) is 0 Å². The van der Waals surface area contributed by atoms with E-state index in [9.17, 15) is 9.90 Å². The van der Waals surface area contributed by atoms with Gasteiger partial charge in [0.2, 0.25) is 5.91 Å². The maximum atomic E-state index is 11.7. The van der Waals surface area contributed by atoms with Crippen LogP contribution in [-0.2, 0) is 4.79 Å². The van der Waals surface area contributed by atoms with Crippen molar-refractivity contribution in [3.63, 3.8) is 0 Å². The van der Waals surface area contributed by atoms with Crippen molar-refractivity contribution >= 4 is 5.91 Å². The van der Waals surface area contributed by atoms with E-state index in [1.807, 2.05) is 4.90 Å². The third-order valence-electron chi connectivity index (χ3n) is 4.16. The Morgan fingerprint density at radius 3 is 2.40 bits per heavy atom. The van der Waals surface area contributed by atoms with E-state index in [1.165, 1.54) is 25.9 Å². The van der Waals surface area contributed by atoms with E-state index in [-0.39, 0.29) is 5.91 Å². The Labute approximate surface area is 89.8 Å². The van der Waals surface area contributed by atoms with E-state index < -0.39 is 6.10 Å². The molecule has 4 heterocycles. The highest BCUT2D eigenvalue weighted by molar-refractivity contribution is 5.79. The molecule has 4 heteroatoms. The number of carbonyl (C=O) groups is 1. The van der Waals surface area contributed by atoms with Crippen molar-refractivity contribution in [2.45, 2.75) is 31.4 Å². The molecule has 4 aliphatic rings. The van der Waals surface area contributed by atoms with Crippen LogP contribution in [0.25, 0.3) is 0 Å². The minimum atomic E-state index is -0.423. The molecular weight excluding hydrogens is 192 g/mol. The van der Waals surface area contributed by atoms with E-state index in [0.717, 1.165) is 6.54 Å². The molecule has 2 atom stereocenters. The van der Waals surface area contributed by atoms with Crippen LogP contribution in [0.15, 0.2) is 0 Å². The van der Waals surface area contributed by atoms with E-state index in [1.54, 1.807) is 0 Å².